The van der Waals surface area contributed by atoms with Gasteiger partial charge in [0.05, 0.1) is 24.2 Å². The Morgan fingerprint density at radius 1 is 1.23 bits per heavy atom. The summed E-state index contributed by atoms with van der Waals surface area (Å²) < 4.78 is 28.7. The number of aromatic amines is 1. The number of H-pyrrole nitrogens is 1. The molecule has 3 fully saturated rings. The number of pyridine rings is 2. The minimum absolute atomic E-state index is 0.0155. The highest BCUT2D eigenvalue weighted by molar-refractivity contribution is 5.93. The topological polar surface area (TPSA) is 87.9 Å². The lowest BCUT2D eigenvalue weighted by atomic mass is 9.60. The maximum absolute atomic E-state index is 14.9. The SMILES string of the molecule is [C-]#[N+]c1cc(F)c(N[C@@H]2C3CCC(CC3)[C@H]2C(C)=O)nc1-c1[nH]nc2ncc(F)cc12. The van der Waals surface area contributed by atoms with Crippen LogP contribution in [0, 0.1) is 36.0 Å². The molecule has 3 aromatic rings. The van der Waals surface area contributed by atoms with E-state index in [1.54, 1.807) is 6.92 Å². The van der Waals surface area contributed by atoms with Gasteiger partial charge in [0.15, 0.2) is 17.3 Å². The first-order chi connectivity index (χ1) is 15.0. The fourth-order valence-electron chi connectivity index (χ4n) is 5.30. The van der Waals surface area contributed by atoms with E-state index in [0.717, 1.165) is 37.9 Å². The van der Waals surface area contributed by atoms with Crippen molar-refractivity contribution in [3.05, 3.63) is 41.4 Å². The second-order valence-electron chi connectivity index (χ2n) is 8.40. The molecule has 6 rings (SSSR count). The number of ketones is 1. The first-order valence-electron chi connectivity index (χ1n) is 10.3. The van der Waals surface area contributed by atoms with Crippen molar-refractivity contribution < 1.29 is 13.6 Å². The van der Waals surface area contributed by atoms with E-state index in [1.165, 1.54) is 6.07 Å². The van der Waals surface area contributed by atoms with Crippen LogP contribution < -0.4 is 5.32 Å². The lowest BCUT2D eigenvalue weighted by molar-refractivity contribution is -0.126. The Bertz CT molecular complexity index is 1220. The third kappa shape index (κ3) is 3.23. The van der Waals surface area contributed by atoms with Gasteiger partial charge in [0.1, 0.15) is 11.6 Å². The van der Waals surface area contributed by atoms with E-state index in [9.17, 15) is 13.6 Å². The third-order valence-corrected chi connectivity index (χ3v) is 6.68. The highest BCUT2D eigenvalue weighted by Gasteiger charge is 2.46. The van der Waals surface area contributed by atoms with Gasteiger partial charge in [-0.1, -0.05) is 0 Å². The van der Waals surface area contributed by atoms with Crippen molar-refractivity contribution in [2.45, 2.75) is 38.6 Å². The zero-order valence-corrected chi connectivity index (χ0v) is 16.8. The molecule has 0 aliphatic heterocycles. The number of hydrogen-bond donors (Lipinski definition) is 2. The van der Waals surface area contributed by atoms with Crippen LogP contribution in [0.15, 0.2) is 18.3 Å². The van der Waals surface area contributed by atoms with Gasteiger partial charge in [-0.05, 0) is 56.6 Å². The van der Waals surface area contributed by atoms with Crippen LogP contribution in [0.5, 0.6) is 0 Å². The average molecular weight is 422 g/mol. The molecular weight excluding hydrogens is 402 g/mol. The molecule has 3 heterocycles. The fraction of sp³-hybridized carbons (Fsp3) is 0.409. The number of halogens is 2. The van der Waals surface area contributed by atoms with Crippen molar-refractivity contribution in [1.29, 1.82) is 0 Å². The number of fused-ring (bicyclic) bond motifs is 4. The molecule has 31 heavy (non-hydrogen) atoms. The average Bonchev–Trinajstić information content (AvgIpc) is 3.18. The van der Waals surface area contributed by atoms with Crippen molar-refractivity contribution in [2.24, 2.45) is 17.8 Å². The van der Waals surface area contributed by atoms with Crippen molar-refractivity contribution >= 4 is 28.3 Å². The molecule has 2 N–H and O–H groups in total. The van der Waals surface area contributed by atoms with Gasteiger partial charge in [0.2, 0.25) is 5.69 Å². The van der Waals surface area contributed by atoms with Gasteiger partial charge in [-0.25, -0.2) is 23.6 Å². The number of hydrogen-bond acceptors (Lipinski definition) is 5. The maximum atomic E-state index is 14.9. The Morgan fingerprint density at radius 3 is 2.68 bits per heavy atom. The first-order valence-corrected chi connectivity index (χ1v) is 10.3. The molecule has 2 atom stereocenters. The Labute approximate surface area is 177 Å². The van der Waals surface area contributed by atoms with Gasteiger partial charge in [0.25, 0.3) is 0 Å². The summed E-state index contributed by atoms with van der Waals surface area (Å²) in [5.74, 6) is -0.728. The van der Waals surface area contributed by atoms with Crippen LogP contribution >= 0.6 is 0 Å². The zero-order valence-electron chi connectivity index (χ0n) is 16.8. The summed E-state index contributed by atoms with van der Waals surface area (Å²) in [7, 11) is 0. The summed E-state index contributed by atoms with van der Waals surface area (Å²) in [5, 5.41) is 10.3. The molecule has 0 spiro atoms. The van der Waals surface area contributed by atoms with E-state index >= 15 is 0 Å². The molecule has 2 bridgehead atoms. The largest absolute Gasteiger partial charge is 0.364 e. The Kier molecular flexibility index (Phi) is 4.65. The minimum Gasteiger partial charge on any atom is -0.364 e. The number of rotatable bonds is 4. The number of nitrogens with zero attached hydrogens (tertiary/aromatic N) is 4. The number of carbonyl (C=O) groups is 1. The van der Waals surface area contributed by atoms with Gasteiger partial charge in [0, 0.05) is 17.3 Å². The summed E-state index contributed by atoms with van der Waals surface area (Å²) >= 11 is 0. The van der Waals surface area contributed by atoms with Crippen LogP contribution in [0.2, 0.25) is 0 Å². The van der Waals surface area contributed by atoms with Crippen LogP contribution in [-0.4, -0.2) is 32.0 Å². The predicted molar refractivity (Wildman–Crippen MR) is 110 cm³/mol. The van der Waals surface area contributed by atoms with Crippen LogP contribution in [0.1, 0.15) is 32.6 Å². The summed E-state index contributed by atoms with van der Waals surface area (Å²) in [4.78, 5) is 24.1. The number of anilines is 1. The standard InChI is InChI=1S/C22H20F2N6O/c1-10(31)17-11-3-5-12(6-4-11)18(17)27-22-15(24)8-16(25-2)20(28-22)19-14-7-13(23)9-26-21(14)30-29-19/h7-9,11-12,17-18H,3-6H2,1H3,(H,27,28)(H,26,29,30)/t11?,12?,17-,18-/m1/s1. The number of Topliss-reactive ketones (excluding diaryl/α,β-unsaturated/α-hetero) is 1. The normalized spacial score (nSPS) is 24.8. The van der Waals surface area contributed by atoms with Crippen molar-refractivity contribution in [2.75, 3.05) is 5.32 Å². The predicted octanol–water partition coefficient (Wildman–Crippen LogP) is 4.65. The van der Waals surface area contributed by atoms with E-state index in [2.05, 4.69) is 30.3 Å². The monoisotopic (exact) mass is 422 g/mol. The molecule has 0 radical (unpaired) electrons. The number of aromatic nitrogens is 4. The van der Waals surface area contributed by atoms with Gasteiger partial charge < -0.3 is 5.32 Å². The van der Waals surface area contributed by atoms with Crippen molar-refractivity contribution in [3.8, 4) is 11.4 Å². The van der Waals surface area contributed by atoms with Crippen LogP contribution in [-0.2, 0) is 4.79 Å². The molecule has 158 valence electrons. The first kappa shape index (κ1) is 19.5. The summed E-state index contributed by atoms with van der Waals surface area (Å²) in [6.45, 7) is 9.04. The molecule has 7 nitrogen and oxygen atoms in total. The molecule has 0 unspecified atom stereocenters. The summed E-state index contributed by atoms with van der Waals surface area (Å²) in [6, 6.07) is 2.16. The van der Waals surface area contributed by atoms with E-state index in [4.69, 9.17) is 6.57 Å². The Hall–Kier alpha value is -3.41. The zero-order chi connectivity index (χ0) is 21.7. The lowest BCUT2D eigenvalue weighted by Gasteiger charge is -2.48. The van der Waals surface area contributed by atoms with Crippen LogP contribution in [0.25, 0.3) is 27.3 Å². The Morgan fingerprint density at radius 2 is 1.97 bits per heavy atom. The van der Waals surface area contributed by atoms with Crippen molar-refractivity contribution in [1.82, 2.24) is 20.2 Å². The van der Waals surface area contributed by atoms with E-state index in [0.29, 0.717) is 17.0 Å². The number of carbonyl (C=O) groups excluding carboxylic acids is 1. The molecular formula is C22H20F2N6O. The van der Waals surface area contributed by atoms with Crippen molar-refractivity contribution in [3.63, 3.8) is 0 Å². The van der Waals surface area contributed by atoms with E-state index in [-0.39, 0.29) is 46.5 Å². The maximum Gasteiger partial charge on any atom is 0.217 e. The molecule has 0 aromatic carbocycles. The quantitative estimate of drug-likeness (QED) is 0.598. The molecule has 9 heteroatoms. The third-order valence-electron chi connectivity index (χ3n) is 6.68. The minimum atomic E-state index is -0.661. The molecule has 3 saturated carbocycles. The van der Waals surface area contributed by atoms with Crippen LogP contribution in [0.3, 0.4) is 0 Å². The van der Waals surface area contributed by atoms with E-state index in [1.807, 2.05) is 0 Å². The highest BCUT2D eigenvalue weighted by atomic mass is 19.1. The van der Waals surface area contributed by atoms with Gasteiger partial charge in [-0.2, -0.15) is 5.10 Å². The van der Waals surface area contributed by atoms with Gasteiger partial charge in [-0.3, -0.25) is 9.89 Å². The molecule has 3 aromatic heterocycles. The van der Waals surface area contributed by atoms with E-state index < -0.39 is 11.6 Å². The Balaban J connectivity index is 1.58. The highest BCUT2D eigenvalue weighted by Crippen LogP contribution is 2.47. The second-order valence-corrected chi connectivity index (χ2v) is 8.40. The van der Waals surface area contributed by atoms with Gasteiger partial charge >= 0.3 is 0 Å². The van der Waals surface area contributed by atoms with Gasteiger partial charge in [-0.15, -0.1) is 0 Å². The summed E-state index contributed by atoms with van der Waals surface area (Å²) in [6.07, 6.45) is 5.08. The summed E-state index contributed by atoms with van der Waals surface area (Å²) in [5.41, 5.74) is 0.707. The molecule has 0 saturated heterocycles. The molecule has 3 aliphatic carbocycles. The smallest absolute Gasteiger partial charge is 0.217 e. The fourth-order valence-corrected chi connectivity index (χ4v) is 5.30. The van der Waals surface area contributed by atoms with Crippen LogP contribution in [0.4, 0.5) is 20.3 Å². The molecule has 0 amide bonds. The second kappa shape index (κ2) is 7.38. The number of nitrogens with one attached hydrogen (secondary N) is 2. The lowest BCUT2D eigenvalue weighted by Crippen LogP contribution is -2.51. The molecule has 3 aliphatic rings.